The van der Waals surface area contributed by atoms with Crippen molar-refractivity contribution in [1.82, 2.24) is 9.97 Å². The van der Waals surface area contributed by atoms with E-state index in [9.17, 15) is 4.79 Å². The second-order valence-electron chi connectivity index (χ2n) is 5.78. The number of methoxy groups -OCH3 is 1. The van der Waals surface area contributed by atoms with Gasteiger partial charge in [0.15, 0.2) is 5.13 Å². The maximum atomic E-state index is 13.2. The van der Waals surface area contributed by atoms with Crippen molar-refractivity contribution in [2.75, 3.05) is 31.8 Å². The molecule has 0 N–H and O–H groups in total. The summed E-state index contributed by atoms with van der Waals surface area (Å²) in [6.07, 6.45) is 3.26. The Morgan fingerprint density at radius 3 is 2.79 bits per heavy atom. The summed E-state index contributed by atoms with van der Waals surface area (Å²) in [5.41, 5.74) is 2.20. The lowest BCUT2D eigenvalue weighted by Crippen LogP contribution is -2.31. The fourth-order valence-electron chi connectivity index (χ4n) is 2.54. The lowest BCUT2D eigenvalue weighted by atomic mass is 10.2. The van der Waals surface area contributed by atoms with Gasteiger partial charge in [-0.3, -0.25) is 9.69 Å². The summed E-state index contributed by atoms with van der Waals surface area (Å²) in [5, 5.41) is 2.53. The maximum absolute atomic E-state index is 13.2. The summed E-state index contributed by atoms with van der Waals surface area (Å²) in [5.74, 6) is 0.0350. The number of amides is 1. The van der Waals surface area contributed by atoms with E-state index in [1.54, 1.807) is 36.4 Å². The molecule has 144 valence electrons. The zero-order valence-electron chi connectivity index (χ0n) is 15.6. The number of carbonyl (C=O) groups is 1. The molecule has 6 nitrogen and oxygen atoms in total. The van der Waals surface area contributed by atoms with Crippen LogP contribution >= 0.6 is 11.3 Å². The number of hydrogen-bond donors (Lipinski definition) is 0. The first-order valence-electron chi connectivity index (χ1n) is 8.75. The van der Waals surface area contributed by atoms with Crippen molar-refractivity contribution in [2.24, 2.45) is 0 Å². The van der Waals surface area contributed by atoms with E-state index in [1.807, 2.05) is 35.7 Å². The van der Waals surface area contributed by atoms with Gasteiger partial charge in [0.1, 0.15) is 12.2 Å². The van der Waals surface area contributed by atoms with Gasteiger partial charge in [0.2, 0.25) is 5.88 Å². The maximum Gasteiger partial charge on any atom is 0.265 e. The normalized spacial score (nSPS) is 10.5. The van der Waals surface area contributed by atoms with Crippen molar-refractivity contribution < 1.29 is 14.3 Å². The molecule has 7 heteroatoms. The molecule has 0 atom stereocenters. The number of anilines is 1. The lowest BCUT2D eigenvalue weighted by molar-refractivity contribution is 0.0980. The summed E-state index contributed by atoms with van der Waals surface area (Å²) in [4.78, 5) is 23.6. The molecule has 0 fully saturated rings. The number of nitrogens with zero attached hydrogens (tertiary/aromatic N) is 3. The van der Waals surface area contributed by atoms with E-state index in [2.05, 4.69) is 16.5 Å². The lowest BCUT2D eigenvalue weighted by Gasteiger charge is -2.19. The highest BCUT2D eigenvalue weighted by Crippen LogP contribution is 2.29. The molecule has 0 spiro atoms. The van der Waals surface area contributed by atoms with Crippen LogP contribution in [0.1, 0.15) is 10.4 Å². The molecular formula is C21H21N3O3S. The number of rotatable bonds is 9. The van der Waals surface area contributed by atoms with Crippen LogP contribution in [0.3, 0.4) is 0 Å². The van der Waals surface area contributed by atoms with Gasteiger partial charge < -0.3 is 9.47 Å². The smallest absolute Gasteiger partial charge is 0.265 e. The van der Waals surface area contributed by atoms with E-state index in [4.69, 9.17) is 9.47 Å². The average Bonchev–Trinajstić information content (AvgIpc) is 3.23. The van der Waals surface area contributed by atoms with Gasteiger partial charge in [-0.05, 0) is 12.1 Å². The number of pyridine rings is 1. The third-order valence-corrected chi connectivity index (χ3v) is 4.74. The Kier molecular flexibility index (Phi) is 6.89. The molecule has 0 radical (unpaired) electrons. The summed E-state index contributed by atoms with van der Waals surface area (Å²) in [6, 6.07) is 13.3. The van der Waals surface area contributed by atoms with Crippen LogP contribution in [0.5, 0.6) is 5.88 Å². The van der Waals surface area contributed by atoms with Crippen LogP contribution in [0.4, 0.5) is 5.13 Å². The standard InChI is InChI=1S/C21H21N3O3S/c1-3-12-24(21-23-18(15-28-21)16-8-5-4-6-9-16)20(25)17-10-7-11-22-19(17)27-14-13-26-2/h3-11,15H,1,12-14H2,2H3. The topological polar surface area (TPSA) is 64.6 Å². The van der Waals surface area contributed by atoms with Gasteiger partial charge in [-0.2, -0.15) is 0 Å². The Balaban J connectivity index is 1.88. The minimum Gasteiger partial charge on any atom is -0.475 e. The summed E-state index contributed by atoms with van der Waals surface area (Å²) in [6.45, 7) is 4.82. The number of ether oxygens (including phenoxy) is 2. The fraction of sp³-hybridized carbons (Fsp3) is 0.190. The molecule has 0 saturated heterocycles. The van der Waals surface area contributed by atoms with Crippen molar-refractivity contribution in [3.05, 3.63) is 72.3 Å². The van der Waals surface area contributed by atoms with Gasteiger partial charge in [-0.15, -0.1) is 17.9 Å². The first-order valence-corrected chi connectivity index (χ1v) is 9.63. The Hall–Kier alpha value is -3.03. The first kappa shape index (κ1) is 19.7. The van der Waals surface area contributed by atoms with Crippen LogP contribution in [0.25, 0.3) is 11.3 Å². The molecule has 28 heavy (non-hydrogen) atoms. The molecule has 1 amide bonds. The fourth-order valence-corrected chi connectivity index (χ4v) is 3.38. The van der Waals surface area contributed by atoms with E-state index >= 15 is 0 Å². The molecule has 1 aromatic carbocycles. The molecule has 3 rings (SSSR count). The quantitative estimate of drug-likeness (QED) is 0.404. The van der Waals surface area contributed by atoms with Crippen LogP contribution in [-0.2, 0) is 4.74 Å². The Labute approximate surface area is 168 Å². The van der Waals surface area contributed by atoms with E-state index < -0.39 is 0 Å². The summed E-state index contributed by atoms with van der Waals surface area (Å²) < 4.78 is 10.6. The molecule has 0 aliphatic carbocycles. The average molecular weight is 395 g/mol. The van der Waals surface area contributed by atoms with Crippen LogP contribution < -0.4 is 9.64 Å². The largest absolute Gasteiger partial charge is 0.475 e. The van der Waals surface area contributed by atoms with Gasteiger partial charge in [0, 0.05) is 30.8 Å². The minimum absolute atomic E-state index is 0.241. The van der Waals surface area contributed by atoms with Gasteiger partial charge in [0.05, 0.1) is 12.3 Å². The highest BCUT2D eigenvalue weighted by molar-refractivity contribution is 7.14. The van der Waals surface area contributed by atoms with Gasteiger partial charge in [-0.25, -0.2) is 9.97 Å². The second kappa shape index (κ2) is 9.77. The number of carbonyl (C=O) groups excluding carboxylic acids is 1. The zero-order valence-corrected chi connectivity index (χ0v) is 16.4. The van der Waals surface area contributed by atoms with Gasteiger partial charge >= 0.3 is 0 Å². The molecular weight excluding hydrogens is 374 g/mol. The molecule has 0 aliphatic heterocycles. The van der Waals surface area contributed by atoms with Gasteiger partial charge in [-0.1, -0.05) is 36.4 Å². The summed E-state index contributed by atoms with van der Waals surface area (Å²) in [7, 11) is 1.59. The monoisotopic (exact) mass is 395 g/mol. The first-order chi connectivity index (χ1) is 13.7. The molecule has 2 heterocycles. The van der Waals surface area contributed by atoms with Crippen molar-refractivity contribution >= 4 is 22.4 Å². The molecule has 0 unspecified atom stereocenters. The third-order valence-electron chi connectivity index (χ3n) is 3.88. The van der Waals surface area contributed by atoms with E-state index in [0.717, 1.165) is 11.3 Å². The van der Waals surface area contributed by atoms with Crippen molar-refractivity contribution in [3.63, 3.8) is 0 Å². The van der Waals surface area contributed by atoms with E-state index in [1.165, 1.54) is 11.3 Å². The Morgan fingerprint density at radius 1 is 1.21 bits per heavy atom. The Morgan fingerprint density at radius 2 is 2.04 bits per heavy atom. The minimum atomic E-state index is -0.241. The zero-order chi connectivity index (χ0) is 19.8. The SMILES string of the molecule is C=CCN(C(=O)c1cccnc1OCCOC)c1nc(-c2ccccc2)cs1. The second-order valence-corrected chi connectivity index (χ2v) is 6.62. The third kappa shape index (κ3) is 4.62. The highest BCUT2D eigenvalue weighted by Gasteiger charge is 2.23. The molecule has 0 bridgehead atoms. The predicted octanol–water partition coefficient (Wildman–Crippen LogP) is 4.06. The van der Waals surface area contributed by atoms with Crippen LogP contribution in [0, 0.1) is 0 Å². The van der Waals surface area contributed by atoms with Gasteiger partial charge in [0.25, 0.3) is 5.91 Å². The predicted molar refractivity (Wildman–Crippen MR) is 111 cm³/mol. The van der Waals surface area contributed by atoms with Crippen molar-refractivity contribution in [2.45, 2.75) is 0 Å². The Bertz CT molecular complexity index is 927. The highest BCUT2D eigenvalue weighted by atomic mass is 32.1. The van der Waals surface area contributed by atoms with Crippen LogP contribution in [-0.4, -0.2) is 42.7 Å². The van der Waals surface area contributed by atoms with Crippen LogP contribution in [0.2, 0.25) is 0 Å². The molecule has 2 aromatic heterocycles. The number of thiazole rings is 1. The summed E-state index contributed by atoms with van der Waals surface area (Å²) >= 11 is 1.41. The van der Waals surface area contributed by atoms with Crippen LogP contribution in [0.15, 0.2) is 66.7 Å². The van der Waals surface area contributed by atoms with Crippen molar-refractivity contribution in [3.8, 4) is 17.1 Å². The number of hydrogen-bond acceptors (Lipinski definition) is 6. The number of aromatic nitrogens is 2. The van der Waals surface area contributed by atoms with E-state index in [0.29, 0.717) is 30.5 Å². The van der Waals surface area contributed by atoms with Crippen molar-refractivity contribution in [1.29, 1.82) is 0 Å². The van der Waals surface area contributed by atoms with E-state index in [-0.39, 0.29) is 11.8 Å². The molecule has 3 aromatic rings. The number of benzene rings is 1. The molecule has 0 saturated carbocycles. The molecule has 0 aliphatic rings.